The van der Waals surface area contributed by atoms with Gasteiger partial charge in [0.25, 0.3) is 0 Å². The fourth-order valence-electron chi connectivity index (χ4n) is 2.87. The van der Waals surface area contributed by atoms with Gasteiger partial charge in [0, 0.05) is 40.3 Å². The number of rotatable bonds is 6. The van der Waals surface area contributed by atoms with E-state index < -0.39 is 5.82 Å². The lowest BCUT2D eigenvalue weighted by Gasteiger charge is -2.07. The summed E-state index contributed by atoms with van der Waals surface area (Å²) in [5, 5.41) is 2.79. The Morgan fingerprint density at radius 2 is 1.97 bits per heavy atom. The molecule has 0 saturated carbocycles. The molecule has 0 spiro atoms. The van der Waals surface area contributed by atoms with Crippen LogP contribution in [0.25, 0.3) is 17.0 Å². The number of nitrogens with one attached hydrogen (secondary N) is 1. The van der Waals surface area contributed by atoms with E-state index in [1.807, 2.05) is 35.0 Å². The number of nitrogens with zero attached hydrogens (tertiary/aromatic N) is 3. The zero-order valence-corrected chi connectivity index (χ0v) is 16.8. The van der Waals surface area contributed by atoms with Gasteiger partial charge in [0.05, 0.1) is 11.4 Å². The molecule has 2 aromatic carbocycles. The number of benzene rings is 2. The zero-order chi connectivity index (χ0) is 21.1. The van der Waals surface area contributed by atoms with Crippen LogP contribution in [0.5, 0.6) is 0 Å². The second-order valence-electron chi connectivity index (χ2n) is 6.57. The molecule has 0 fully saturated rings. The lowest BCUT2D eigenvalue weighted by Crippen LogP contribution is -2.14. The average Bonchev–Trinajstić information content (AvgIpc) is 3.17. The predicted molar refractivity (Wildman–Crippen MR) is 114 cm³/mol. The summed E-state index contributed by atoms with van der Waals surface area (Å²) in [6, 6.07) is 13.4. The van der Waals surface area contributed by atoms with Crippen LogP contribution in [0.2, 0.25) is 0 Å². The summed E-state index contributed by atoms with van der Waals surface area (Å²) in [5.41, 5.74) is 2.63. The summed E-state index contributed by atoms with van der Waals surface area (Å²) in [6.45, 7) is 1.38. The quantitative estimate of drug-likeness (QED) is 0.368. The molecule has 4 rings (SSSR count). The number of fused-ring (bicyclic) bond motifs is 1. The fraction of sp³-hybridized carbons (Fsp3) is 0.0909. The first kappa shape index (κ1) is 19.8. The van der Waals surface area contributed by atoms with Gasteiger partial charge >= 0.3 is 0 Å². The number of carbonyl (C=O) groups is 2. The molecule has 1 amide bonds. The molecule has 0 bridgehead atoms. The second-order valence-corrected chi connectivity index (χ2v) is 7.59. The predicted octanol–water partition coefficient (Wildman–Crippen LogP) is 4.47. The summed E-state index contributed by atoms with van der Waals surface area (Å²) in [6.07, 6.45) is 5.45. The molecule has 2 heterocycles. The largest absolute Gasteiger partial charge is 0.325 e. The van der Waals surface area contributed by atoms with Crippen molar-refractivity contribution in [3.63, 3.8) is 0 Å². The minimum atomic E-state index is -0.508. The highest BCUT2D eigenvalue weighted by Crippen LogP contribution is 2.24. The number of aromatic nitrogens is 3. The molecule has 6 nitrogen and oxygen atoms in total. The Balaban J connectivity index is 1.37. The summed E-state index contributed by atoms with van der Waals surface area (Å²) < 4.78 is 15.9. The summed E-state index contributed by atoms with van der Waals surface area (Å²) in [4.78, 5) is 32.5. The van der Waals surface area contributed by atoms with Gasteiger partial charge in [0.15, 0.2) is 5.78 Å². The second kappa shape index (κ2) is 8.46. The monoisotopic (exact) mass is 420 g/mol. The van der Waals surface area contributed by atoms with Crippen molar-refractivity contribution in [3.05, 3.63) is 78.5 Å². The van der Waals surface area contributed by atoms with Crippen LogP contribution < -0.4 is 5.32 Å². The van der Waals surface area contributed by atoms with Crippen LogP contribution >= 0.6 is 11.8 Å². The van der Waals surface area contributed by atoms with E-state index in [1.165, 1.54) is 19.1 Å². The van der Waals surface area contributed by atoms with Gasteiger partial charge in [-0.25, -0.2) is 14.4 Å². The molecule has 8 heteroatoms. The summed E-state index contributed by atoms with van der Waals surface area (Å²) in [5.74, 6) is -0.292. The first-order chi connectivity index (χ1) is 14.5. The molecule has 0 atom stereocenters. The number of ketones is 1. The Morgan fingerprint density at radius 3 is 2.67 bits per heavy atom. The molecular formula is C22H17FN4O2S. The number of halogens is 1. The molecular weight excluding hydrogens is 403 g/mol. The molecule has 4 aromatic rings. The van der Waals surface area contributed by atoms with Gasteiger partial charge in [0.1, 0.15) is 5.82 Å². The number of hydrogen-bond donors (Lipinski definition) is 1. The Labute approximate surface area is 176 Å². The molecule has 0 saturated heterocycles. The van der Waals surface area contributed by atoms with Gasteiger partial charge in [0.2, 0.25) is 11.7 Å². The maximum Gasteiger partial charge on any atom is 0.234 e. The summed E-state index contributed by atoms with van der Waals surface area (Å²) >= 11 is 1.08. The third-order valence-electron chi connectivity index (χ3n) is 4.40. The van der Waals surface area contributed by atoms with Crippen molar-refractivity contribution in [1.29, 1.82) is 0 Å². The van der Waals surface area contributed by atoms with E-state index in [9.17, 15) is 14.0 Å². The van der Waals surface area contributed by atoms with Crippen molar-refractivity contribution in [2.75, 3.05) is 11.1 Å². The number of hydrogen-bond acceptors (Lipinski definition) is 5. The average molecular weight is 420 g/mol. The van der Waals surface area contributed by atoms with Crippen molar-refractivity contribution in [2.45, 2.75) is 11.8 Å². The maximum absolute atomic E-state index is 14.1. The van der Waals surface area contributed by atoms with Crippen LogP contribution in [0.3, 0.4) is 0 Å². The maximum atomic E-state index is 14.1. The van der Waals surface area contributed by atoms with Gasteiger partial charge in [-0.1, -0.05) is 18.2 Å². The van der Waals surface area contributed by atoms with Gasteiger partial charge in [-0.05, 0) is 37.3 Å². The Kier molecular flexibility index (Phi) is 5.58. The van der Waals surface area contributed by atoms with Gasteiger partial charge in [-0.2, -0.15) is 0 Å². The van der Waals surface area contributed by atoms with E-state index >= 15 is 0 Å². The van der Waals surface area contributed by atoms with Crippen molar-refractivity contribution in [2.24, 2.45) is 0 Å². The third kappa shape index (κ3) is 4.38. The van der Waals surface area contributed by atoms with Crippen LogP contribution in [0.15, 0.2) is 72.0 Å². The van der Waals surface area contributed by atoms with Crippen LogP contribution in [0.1, 0.15) is 17.3 Å². The van der Waals surface area contributed by atoms with E-state index in [4.69, 9.17) is 0 Å². The lowest BCUT2D eigenvalue weighted by atomic mass is 10.1. The molecule has 30 heavy (non-hydrogen) atoms. The van der Waals surface area contributed by atoms with Crippen LogP contribution in [-0.2, 0) is 4.79 Å². The number of thioether (sulfide) groups is 1. The topological polar surface area (TPSA) is 76.4 Å². The molecule has 0 unspecified atom stereocenters. The van der Waals surface area contributed by atoms with E-state index in [-0.39, 0.29) is 17.4 Å². The van der Waals surface area contributed by atoms with Crippen LogP contribution in [0.4, 0.5) is 10.1 Å². The SMILES string of the molecule is CC(=O)c1ccc(SCC(=O)Nc2ccc(-c3cn4cccnc4n3)cc2)c(F)c1. The molecule has 0 aliphatic heterocycles. The minimum Gasteiger partial charge on any atom is -0.325 e. The van der Waals surface area contributed by atoms with E-state index in [0.29, 0.717) is 21.9 Å². The highest BCUT2D eigenvalue weighted by Gasteiger charge is 2.10. The third-order valence-corrected chi connectivity index (χ3v) is 5.45. The highest BCUT2D eigenvalue weighted by molar-refractivity contribution is 8.00. The zero-order valence-electron chi connectivity index (χ0n) is 16.0. The minimum absolute atomic E-state index is 0.0518. The molecule has 0 aliphatic rings. The Morgan fingerprint density at radius 1 is 1.17 bits per heavy atom. The first-order valence-corrected chi connectivity index (χ1v) is 10.1. The van der Waals surface area contributed by atoms with Gasteiger partial charge in [-0.3, -0.25) is 14.0 Å². The lowest BCUT2D eigenvalue weighted by molar-refractivity contribution is -0.113. The number of Topliss-reactive ketones (excluding diaryl/α,β-unsaturated/α-hetero) is 1. The van der Waals surface area contributed by atoms with Crippen LogP contribution in [0, 0.1) is 5.82 Å². The van der Waals surface area contributed by atoms with Crippen LogP contribution in [-0.4, -0.2) is 31.8 Å². The molecule has 1 N–H and O–H groups in total. The number of amides is 1. The standard InChI is InChI=1S/C22H17FN4O2S/c1-14(28)16-5-8-20(18(23)11-16)30-13-21(29)25-17-6-3-15(4-7-17)19-12-27-10-2-9-24-22(27)26-19/h2-12H,13H2,1H3,(H,25,29). The van der Waals surface area contributed by atoms with E-state index in [0.717, 1.165) is 23.0 Å². The smallest absolute Gasteiger partial charge is 0.234 e. The van der Waals surface area contributed by atoms with Crippen molar-refractivity contribution in [3.8, 4) is 11.3 Å². The van der Waals surface area contributed by atoms with E-state index in [1.54, 1.807) is 24.4 Å². The Bertz CT molecular complexity index is 1200. The van der Waals surface area contributed by atoms with Crippen molar-refractivity contribution < 1.29 is 14.0 Å². The number of anilines is 1. The normalized spacial score (nSPS) is 10.9. The van der Waals surface area contributed by atoms with Gasteiger partial charge < -0.3 is 5.32 Å². The van der Waals surface area contributed by atoms with E-state index in [2.05, 4.69) is 15.3 Å². The highest BCUT2D eigenvalue weighted by atomic mass is 32.2. The Hall–Kier alpha value is -3.52. The number of carbonyl (C=O) groups excluding carboxylic acids is 2. The van der Waals surface area contributed by atoms with Crippen molar-refractivity contribution >= 4 is 34.9 Å². The molecule has 2 aromatic heterocycles. The van der Waals surface area contributed by atoms with Gasteiger partial charge in [-0.15, -0.1) is 11.8 Å². The molecule has 0 radical (unpaired) electrons. The molecule has 150 valence electrons. The summed E-state index contributed by atoms with van der Waals surface area (Å²) in [7, 11) is 0. The first-order valence-electron chi connectivity index (χ1n) is 9.13. The fourth-order valence-corrected chi connectivity index (χ4v) is 3.59. The van der Waals surface area contributed by atoms with Crippen molar-refractivity contribution in [1.82, 2.24) is 14.4 Å². The molecule has 0 aliphatic carbocycles. The number of imidazole rings is 1.